The molecule has 0 unspecified atom stereocenters. The van der Waals surface area contributed by atoms with E-state index < -0.39 is 0 Å². The smallest absolute Gasteiger partial charge is 0.279 e. The normalized spacial score (nSPS) is 14.6. The molecule has 29 heavy (non-hydrogen) atoms. The van der Waals surface area contributed by atoms with E-state index >= 15 is 0 Å². The maximum absolute atomic E-state index is 12.9. The molecular weight excluding hydrogens is 389 g/mol. The number of thioether (sulfide) groups is 1. The van der Waals surface area contributed by atoms with Gasteiger partial charge in [0.15, 0.2) is 6.54 Å². The highest BCUT2D eigenvalue weighted by Crippen LogP contribution is 2.18. The van der Waals surface area contributed by atoms with Crippen molar-refractivity contribution in [1.29, 1.82) is 0 Å². The van der Waals surface area contributed by atoms with E-state index in [1.54, 1.807) is 12.1 Å². The molecule has 0 aromatic heterocycles. The lowest BCUT2D eigenvalue weighted by Crippen LogP contribution is -3.15. The van der Waals surface area contributed by atoms with Crippen molar-refractivity contribution in [3.8, 4) is 0 Å². The number of hydrogen-bond acceptors (Lipinski definition) is 3. The van der Waals surface area contributed by atoms with Crippen molar-refractivity contribution in [3.63, 3.8) is 0 Å². The van der Waals surface area contributed by atoms with E-state index in [9.17, 15) is 14.0 Å². The number of carbonyl (C=O) groups is 2. The second-order valence-electron chi connectivity index (χ2n) is 7.11. The molecule has 1 aliphatic heterocycles. The van der Waals surface area contributed by atoms with Crippen LogP contribution in [0.1, 0.15) is 12.5 Å². The van der Waals surface area contributed by atoms with E-state index in [2.05, 4.69) is 12.2 Å². The van der Waals surface area contributed by atoms with Gasteiger partial charge in [-0.2, -0.15) is 0 Å². The first-order chi connectivity index (χ1) is 14.0. The summed E-state index contributed by atoms with van der Waals surface area (Å²) in [5.74, 6) is 0.157. The van der Waals surface area contributed by atoms with E-state index in [4.69, 9.17) is 0 Å². The first-order valence-electron chi connectivity index (χ1n) is 9.92. The Bertz CT molecular complexity index is 836. The van der Waals surface area contributed by atoms with Crippen molar-refractivity contribution in [2.45, 2.75) is 18.2 Å². The topological polar surface area (TPSA) is 53.9 Å². The van der Waals surface area contributed by atoms with E-state index in [0.717, 1.165) is 35.7 Å². The monoisotopic (exact) mass is 416 g/mol. The van der Waals surface area contributed by atoms with Crippen molar-refractivity contribution in [2.75, 3.05) is 43.8 Å². The second-order valence-corrected chi connectivity index (χ2v) is 8.16. The summed E-state index contributed by atoms with van der Waals surface area (Å²) in [6.07, 6.45) is 0.875. The Morgan fingerprint density at radius 2 is 1.79 bits per heavy atom. The summed E-state index contributed by atoms with van der Waals surface area (Å²) < 4.78 is 12.9. The van der Waals surface area contributed by atoms with Crippen LogP contribution in [0, 0.1) is 5.82 Å². The largest absolute Gasteiger partial charge is 0.331 e. The first-order valence-corrected chi connectivity index (χ1v) is 10.9. The van der Waals surface area contributed by atoms with Gasteiger partial charge in [0.25, 0.3) is 5.91 Å². The van der Waals surface area contributed by atoms with E-state index in [1.807, 2.05) is 29.2 Å². The lowest BCUT2D eigenvalue weighted by Gasteiger charge is -2.32. The minimum atomic E-state index is -0.276. The fourth-order valence-electron chi connectivity index (χ4n) is 3.39. The molecule has 1 heterocycles. The van der Waals surface area contributed by atoms with Crippen LogP contribution in [-0.4, -0.2) is 55.2 Å². The molecule has 2 aromatic rings. The molecule has 0 aliphatic carbocycles. The minimum Gasteiger partial charge on any atom is -0.331 e. The summed E-state index contributed by atoms with van der Waals surface area (Å²) in [5.41, 5.74) is 2.01. The van der Waals surface area contributed by atoms with Gasteiger partial charge in [0.2, 0.25) is 5.91 Å². The minimum absolute atomic E-state index is 0.00698. The maximum Gasteiger partial charge on any atom is 0.279 e. The van der Waals surface area contributed by atoms with Gasteiger partial charge in [0, 0.05) is 10.6 Å². The number of benzene rings is 2. The Labute approximate surface area is 175 Å². The maximum atomic E-state index is 12.9. The summed E-state index contributed by atoms with van der Waals surface area (Å²) in [7, 11) is 0. The van der Waals surface area contributed by atoms with Gasteiger partial charge < -0.3 is 15.1 Å². The molecule has 1 fully saturated rings. The number of nitrogens with zero attached hydrogens (tertiary/aromatic N) is 1. The van der Waals surface area contributed by atoms with E-state index in [1.165, 1.54) is 28.8 Å². The fourth-order valence-corrected chi connectivity index (χ4v) is 4.19. The van der Waals surface area contributed by atoms with Gasteiger partial charge in [-0.25, -0.2) is 4.39 Å². The number of rotatable bonds is 7. The molecule has 5 nitrogen and oxygen atoms in total. The molecule has 3 rings (SSSR count). The van der Waals surface area contributed by atoms with Gasteiger partial charge in [0.05, 0.1) is 31.9 Å². The number of anilines is 1. The third-order valence-electron chi connectivity index (χ3n) is 5.08. The zero-order chi connectivity index (χ0) is 20.6. The van der Waals surface area contributed by atoms with Crippen molar-refractivity contribution < 1.29 is 18.9 Å². The molecule has 0 atom stereocenters. The number of quaternary nitrogens is 1. The van der Waals surface area contributed by atoms with Crippen LogP contribution in [0.25, 0.3) is 0 Å². The number of hydrogen-bond donors (Lipinski definition) is 2. The van der Waals surface area contributed by atoms with Crippen molar-refractivity contribution >= 4 is 29.3 Å². The summed E-state index contributed by atoms with van der Waals surface area (Å²) in [4.78, 5) is 28.7. The Hall–Kier alpha value is -2.38. The predicted octanol–water partition coefficient (Wildman–Crippen LogP) is 1.85. The summed E-state index contributed by atoms with van der Waals surface area (Å²) in [6.45, 7) is 5.30. The highest BCUT2D eigenvalue weighted by Gasteiger charge is 2.25. The molecule has 1 saturated heterocycles. The zero-order valence-corrected chi connectivity index (χ0v) is 17.4. The van der Waals surface area contributed by atoms with Crippen LogP contribution in [0.15, 0.2) is 53.4 Å². The number of piperazine rings is 1. The highest BCUT2D eigenvalue weighted by molar-refractivity contribution is 8.00. The number of amides is 2. The van der Waals surface area contributed by atoms with E-state index in [0.29, 0.717) is 25.4 Å². The van der Waals surface area contributed by atoms with Crippen molar-refractivity contribution in [3.05, 3.63) is 59.9 Å². The number of aryl methyl sites for hydroxylation is 1. The first kappa shape index (κ1) is 21.3. The second kappa shape index (κ2) is 10.4. The van der Waals surface area contributed by atoms with E-state index in [-0.39, 0.29) is 17.6 Å². The van der Waals surface area contributed by atoms with Crippen molar-refractivity contribution in [1.82, 2.24) is 4.90 Å². The molecule has 0 saturated carbocycles. The van der Waals surface area contributed by atoms with Gasteiger partial charge in [-0.3, -0.25) is 9.59 Å². The highest BCUT2D eigenvalue weighted by atomic mass is 32.2. The number of nitrogens with one attached hydrogen (secondary N) is 2. The third kappa shape index (κ3) is 6.30. The van der Waals surface area contributed by atoms with Gasteiger partial charge in [-0.15, -0.1) is 11.8 Å². The molecule has 2 aromatic carbocycles. The molecule has 2 N–H and O–H groups in total. The standard InChI is InChI=1S/C22H26FN3O2S/c1-2-17-5-3-4-6-20(17)24-21(27)15-25-11-13-26(14-12-25)22(28)16-29-19-9-7-18(23)8-10-19/h3-10H,2,11-16H2,1H3,(H,24,27)/p+1. The molecule has 1 aliphatic rings. The Balaban J connectivity index is 1.41. The molecular formula is C22H27FN3O2S+. The van der Waals surface area contributed by atoms with Crippen LogP contribution >= 0.6 is 11.8 Å². The van der Waals surface area contributed by atoms with Crippen LogP contribution in [0.2, 0.25) is 0 Å². The van der Waals surface area contributed by atoms with Crippen LogP contribution in [0.4, 0.5) is 10.1 Å². The van der Waals surface area contributed by atoms with Crippen LogP contribution in [0.3, 0.4) is 0 Å². The van der Waals surface area contributed by atoms with Gasteiger partial charge in [0.1, 0.15) is 5.82 Å². The fraction of sp³-hybridized carbons (Fsp3) is 0.364. The average molecular weight is 417 g/mol. The number of halogens is 1. The Morgan fingerprint density at radius 1 is 1.10 bits per heavy atom. The summed E-state index contributed by atoms with van der Waals surface area (Å²) >= 11 is 1.42. The quantitative estimate of drug-likeness (QED) is 0.678. The van der Waals surface area contributed by atoms with Gasteiger partial charge >= 0.3 is 0 Å². The molecule has 0 bridgehead atoms. The summed E-state index contributed by atoms with van der Waals surface area (Å²) in [6, 6.07) is 14.0. The summed E-state index contributed by atoms with van der Waals surface area (Å²) in [5, 5.41) is 3.01. The molecule has 0 spiro atoms. The average Bonchev–Trinajstić information content (AvgIpc) is 2.74. The van der Waals surface area contributed by atoms with Crippen molar-refractivity contribution in [2.24, 2.45) is 0 Å². The Kier molecular flexibility index (Phi) is 7.66. The molecule has 7 heteroatoms. The predicted molar refractivity (Wildman–Crippen MR) is 114 cm³/mol. The Morgan fingerprint density at radius 3 is 2.48 bits per heavy atom. The molecule has 0 radical (unpaired) electrons. The third-order valence-corrected chi connectivity index (χ3v) is 6.08. The van der Waals surface area contributed by atoms with Crippen LogP contribution in [0.5, 0.6) is 0 Å². The lowest BCUT2D eigenvalue weighted by atomic mass is 10.1. The molecule has 154 valence electrons. The number of carbonyl (C=O) groups excluding carboxylic acids is 2. The van der Waals surface area contributed by atoms with Gasteiger partial charge in [-0.05, 0) is 42.3 Å². The molecule has 2 amide bonds. The van der Waals surface area contributed by atoms with Crippen LogP contribution < -0.4 is 10.2 Å². The SMILES string of the molecule is CCc1ccccc1NC(=O)C[NH+]1CCN(C(=O)CSc2ccc(F)cc2)CC1. The van der Waals surface area contributed by atoms with Crippen LogP contribution in [-0.2, 0) is 16.0 Å². The van der Waals surface area contributed by atoms with Gasteiger partial charge in [-0.1, -0.05) is 25.1 Å². The number of para-hydroxylation sites is 1. The zero-order valence-electron chi connectivity index (χ0n) is 16.6. The lowest BCUT2D eigenvalue weighted by molar-refractivity contribution is -0.895.